The van der Waals surface area contributed by atoms with E-state index in [0.717, 1.165) is 18.4 Å². The Labute approximate surface area is 181 Å². The lowest BCUT2D eigenvalue weighted by atomic mass is 10.1. The average Bonchev–Trinajstić information content (AvgIpc) is 3.09. The molecule has 30 heavy (non-hydrogen) atoms. The quantitative estimate of drug-likeness (QED) is 0.463. The second kappa shape index (κ2) is 8.28. The predicted molar refractivity (Wildman–Crippen MR) is 116 cm³/mol. The Morgan fingerprint density at radius 2 is 2.00 bits per heavy atom. The van der Waals surface area contributed by atoms with E-state index in [4.69, 9.17) is 11.6 Å². The Kier molecular flexibility index (Phi) is 6.10. The molecule has 1 aromatic carbocycles. The molecule has 3 rings (SSSR count). The van der Waals surface area contributed by atoms with Crippen molar-refractivity contribution >= 4 is 33.2 Å². The van der Waals surface area contributed by atoms with Crippen LogP contribution in [0.25, 0.3) is 0 Å². The molecule has 0 aliphatic heterocycles. The Morgan fingerprint density at radius 3 is 2.60 bits per heavy atom. The number of hydrogen-bond acceptors (Lipinski definition) is 5. The number of benzene rings is 1. The maximum absolute atomic E-state index is 13.4. The number of aromatic hydroxyl groups is 1. The van der Waals surface area contributed by atoms with Gasteiger partial charge in [-0.3, -0.25) is 4.98 Å². The van der Waals surface area contributed by atoms with Gasteiger partial charge < -0.3 is 15.7 Å². The molecule has 2 aromatic rings. The van der Waals surface area contributed by atoms with Crippen LogP contribution in [0.15, 0.2) is 53.1 Å². The minimum Gasteiger partial charge on any atom is -0.504 e. The van der Waals surface area contributed by atoms with Gasteiger partial charge >= 0.3 is 6.03 Å². The number of amides is 2. The number of phenols is 1. The first kappa shape index (κ1) is 22.1. The molecule has 1 unspecified atom stereocenters. The highest BCUT2D eigenvalue weighted by Gasteiger charge is 2.42. The van der Waals surface area contributed by atoms with Gasteiger partial charge in [-0.2, -0.15) is 0 Å². The van der Waals surface area contributed by atoms with E-state index < -0.39 is 31.3 Å². The number of nitrogens with zero attached hydrogens (tertiary/aromatic N) is 1. The van der Waals surface area contributed by atoms with Crippen LogP contribution in [0.4, 0.5) is 10.5 Å². The molecule has 0 spiro atoms. The van der Waals surface area contributed by atoms with Gasteiger partial charge in [-0.05, 0) is 57.9 Å². The smallest absolute Gasteiger partial charge is 0.319 e. The van der Waals surface area contributed by atoms with Crippen LogP contribution in [-0.4, -0.2) is 30.6 Å². The van der Waals surface area contributed by atoms with Crippen molar-refractivity contribution in [2.45, 2.75) is 49.3 Å². The summed E-state index contributed by atoms with van der Waals surface area (Å²) in [5.41, 5.74) is 1.32. The van der Waals surface area contributed by atoms with Crippen LogP contribution in [0.3, 0.4) is 0 Å². The number of carbonyl (C=O) groups excluding carboxylic acids is 1. The number of rotatable bonds is 5. The first-order chi connectivity index (χ1) is 14.1. The Morgan fingerprint density at radius 1 is 1.27 bits per heavy atom. The monoisotopic (exact) mass is 449 g/mol. The number of allylic oxidation sites excluding steroid dienone is 1. The van der Waals surface area contributed by atoms with Crippen LogP contribution in [0, 0.1) is 0 Å². The molecule has 0 fully saturated rings. The second-order valence-electron chi connectivity index (χ2n) is 7.68. The molecular weight excluding hydrogens is 426 g/mol. The van der Waals surface area contributed by atoms with Crippen molar-refractivity contribution in [1.29, 1.82) is 0 Å². The summed E-state index contributed by atoms with van der Waals surface area (Å²) in [6.07, 6.45) is 5.22. The molecule has 0 saturated heterocycles. The second-order valence-corrected chi connectivity index (χ2v) is 10.5. The molecule has 1 aliphatic rings. The summed E-state index contributed by atoms with van der Waals surface area (Å²) in [6.45, 7) is 4.91. The van der Waals surface area contributed by atoms with Crippen molar-refractivity contribution in [3.8, 4) is 5.75 Å². The summed E-state index contributed by atoms with van der Waals surface area (Å²) in [4.78, 5) is 16.1. The summed E-state index contributed by atoms with van der Waals surface area (Å²) >= 11 is 6.18. The zero-order chi connectivity index (χ0) is 22.1. The molecule has 1 heterocycles. The van der Waals surface area contributed by atoms with Gasteiger partial charge in [-0.15, -0.1) is 0 Å². The number of halogens is 1. The molecule has 0 bridgehead atoms. The number of sulfone groups is 1. The maximum atomic E-state index is 13.4. The fraction of sp³-hybridized carbons (Fsp3) is 0.333. The molecule has 2 amide bonds. The van der Waals surface area contributed by atoms with Crippen LogP contribution < -0.4 is 10.6 Å². The van der Waals surface area contributed by atoms with E-state index in [1.165, 1.54) is 32.2 Å². The number of pyridine rings is 1. The van der Waals surface area contributed by atoms with E-state index in [-0.39, 0.29) is 16.8 Å². The predicted octanol–water partition coefficient (Wildman–Crippen LogP) is 4.38. The van der Waals surface area contributed by atoms with Gasteiger partial charge in [0.15, 0.2) is 15.6 Å². The van der Waals surface area contributed by atoms with E-state index in [2.05, 4.69) is 21.7 Å². The van der Waals surface area contributed by atoms with Crippen molar-refractivity contribution in [3.63, 3.8) is 0 Å². The minimum atomic E-state index is -4.17. The number of aromatic nitrogens is 1. The summed E-state index contributed by atoms with van der Waals surface area (Å²) in [6, 6.07) is 7.02. The molecule has 160 valence electrons. The largest absolute Gasteiger partial charge is 0.504 e. The molecule has 0 radical (unpaired) electrons. The standard InChI is InChI=1S/C21H24ClN3O4S/c1-13-7-6-8-15(13)24-20(27)25-16-11-10-14(22)19(18(16)26)30(28,29)21(2,3)17-9-4-5-12-23-17/h4-5,7,9-12,15,26H,6,8H2,1-3H3,(H2,24,25,27). The first-order valence-electron chi connectivity index (χ1n) is 9.47. The number of carbonyl (C=O) groups is 1. The van der Waals surface area contributed by atoms with Gasteiger partial charge in [-0.1, -0.05) is 29.3 Å². The van der Waals surface area contributed by atoms with E-state index in [1.54, 1.807) is 18.2 Å². The van der Waals surface area contributed by atoms with Gasteiger partial charge in [-0.25, -0.2) is 13.2 Å². The Bertz CT molecular complexity index is 1100. The van der Waals surface area contributed by atoms with Crippen LogP contribution in [0.1, 0.15) is 39.3 Å². The zero-order valence-corrected chi connectivity index (χ0v) is 18.5. The normalized spacial score (nSPS) is 16.8. The molecule has 1 atom stereocenters. The first-order valence-corrected chi connectivity index (χ1v) is 11.3. The third-order valence-electron chi connectivity index (χ3n) is 5.33. The lowest BCUT2D eigenvalue weighted by Gasteiger charge is -2.26. The lowest BCUT2D eigenvalue weighted by Crippen LogP contribution is -2.37. The highest BCUT2D eigenvalue weighted by atomic mass is 35.5. The SMILES string of the molecule is CC1=CCCC1NC(=O)Nc1ccc(Cl)c(S(=O)(=O)C(C)(C)c2ccccn2)c1O. The highest BCUT2D eigenvalue weighted by molar-refractivity contribution is 7.92. The molecular formula is C21H24ClN3O4S. The van der Waals surface area contributed by atoms with E-state index >= 15 is 0 Å². The van der Waals surface area contributed by atoms with Crippen LogP contribution in [-0.2, 0) is 14.6 Å². The summed E-state index contributed by atoms with van der Waals surface area (Å²) in [7, 11) is -4.17. The Hall–Kier alpha value is -2.58. The van der Waals surface area contributed by atoms with Gasteiger partial charge in [0.25, 0.3) is 0 Å². The van der Waals surface area contributed by atoms with Crippen LogP contribution in [0.5, 0.6) is 5.75 Å². The Balaban J connectivity index is 1.94. The summed E-state index contributed by atoms with van der Waals surface area (Å²) < 4.78 is 25.4. The summed E-state index contributed by atoms with van der Waals surface area (Å²) in [5.74, 6) is -0.611. The van der Waals surface area contributed by atoms with Gasteiger partial charge in [0.05, 0.1) is 22.4 Å². The third-order valence-corrected chi connectivity index (χ3v) is 8.26. The van der Waals surface area contributed by atoms with Crippen LogP contribution in [0.2, 0.25) is 5.02 Å². The average molecular weight is 450 g/mol. The zero-order valence-electron chi connectivity index (χ0n) is 16.9. The molecule has 9 heteroatoms. The minimum absolute atomic E-state index is 0.0491. The fourth-order valence-electron chi connectivity index (χ4n) is 3.37. The third kappa shape index (κ3) is 4.02. The van der Waals surface area contributed by atoms with Gasteiger partial charge in [0, 0.05) is 6.20 Å². The number of phenolic OH excluding ortho intramolecular Hbond substituents is 1. The van der Waals surface area contributed by atoms with Crippen molar-refractivity contribution in [1.82, 2.24) is 10.3 Å². The molecule has 7 nitrogen and oxygen atoms in total. The van der Waals surface area contributed by atoms with Crippen molar-refractivity contribution in [3.05, 3.63) is 58.9 Å². The van der Waals surface area contributed by atoms with Crippen LogP contribution >= 0.6 is 11.6 Å². The van der Waals surface area contributed by atoms with Crippen molar-refractivity contribution in [2.24, 2.45) is 0 Å². The number of anilines is 1. The van der Waals surface area contributed by atoms with Gasteiger partial charge in [0.2, 0.25) is 0 Å². The summed E-state index contributed by atoms with van der Waals surface area (Å²) in [5, 5.41) is 15.9. The maximum Gasteiger partial charge on any atom is 0.319 e. The van der Waals surface area contributed by atoms with Crippen molar-refractivity contribution in [2.75, 3.05) is 5.32 Å². The number of urea groups is 1. The number of hydrogen-bond donors (Lipinski definition) is 3. The van der Waals surface area contributed by atoms with E-state index in [1.807, 2.05) is 6.92 Å². The fourth-order valence-corrected chi connectivity index (χ4v) is 5.42. The molecule has 1 aliphatic carbocycles. The van der Waals surface area contributed by atoms with E-state index in [0.29, 0.717) is 5.69 Å². The van der Waals surface area contributed by atoms with Crippen molar-refractivity contribution < 1.29 is 18.3 Å². The molecule has 3 N–H and O–H groups in total. The topological polar surface area (TPSA) is 108 Å². The van der Waals surface area contributed by atoms with Gasteiger partial charge in [0.1, 0.15) is 9.64 Å². The lowest BCUT2D eigenvalue weighted by molar-refractivity contribution is 0.249. The van der Waals surface area contributed by atoms with E-state index in [9.17, 15) is 18.3 Å². The molecule has 1 aromatic heterocycles. The molecule has 0 saturated carbocycles. The number of nitrogens with one attached hydrogen (secondary N) is 2. The highest BCUT2D eigenvalue weighted by Crippen LogP contribution is 2.44.